The van der Waals surface area contributed by atoms with E-state index in [9.17, 15) is 4.79 Å². The monoisotopic (exact) mass is 318 g/mol. The summed E-state index contributed by atoms with van der Waals surface area (Å²) < 4.78 is 2.06. The highest BCUT2D eigenvalue weighted by Crippen LogP contribution is 2.19. The van der Waals surface area contributed by atoms with Gasteiger partial charge in [0.15, 0.2) is 0 Å². The van der Waals surface area contributed by atoms with E-state index in [2.05, 4.69) is 14.5 Å². The molecule has 0 radical (unpaired) electrons. The van der Waals surface area contributed by atoms with Gasteiger partial charge >= 0.3 is 0 Å². The molecule has 0 atom stereocenters. The summed E-state index contributed by atoms with van der Waals surface area (Å²) in [4.78, 5) is 22.3. The fourth-order valence-corrected chi connectivity index (χ4v) is 3.71. The Morgan fingerprint density at radius 1 is 1.32 bits per heavy atom. The van der Waals surface area contributed by atoms with E-state index in [1.54, 1.807) is 11.3 Å². The summed E-state index contributed by atoms with van der Waals surface area (Å²) in [6, 6.07) is 2.02. The number of imidazole rings is 1. The quantitative estimate of drug-likeness (QED) is 0.871. The second-order valence-corrected chi connectivity index (χ2v) is 6.73. The van der Waals surface area contributed by atoms with Crippen molar-refractivity contribution < 1.29 is 4.79 Å². The molecule has 6 heteroatoms. The van der Waals surface area contributed by atoms with Crippen LogP contribution in [-0.2, 0) is 13.6 Å². The first-order valence-corrected chi connectivity index (χ1v) is 8.55. The predicted octanol–water partition coefficient (Wildman–Crippen LogP) is 2.14. The first-order chi connectivity index (χ1) is 10.6. The van der Waals surface area contributed by atoms with Gasteiger partial charge in [0.25, 0.3) is 5.91 Å². The van der Waals surface area contributed by atoms with Gasteiger partial charge in [-0.1, -0.05) is 0 Å². The summed E-state index contributed by atoms with van der Waals surface area (Å²) >= 11 is 1.55. The van der Waals surface area contributed by atoms with Gasteiger partial charge in [-0.3, -0.25) is 9.69 Å². The van der Waals surface area contributed by atoms with E-state index in [-0.39, 0.29) is 5.91 Å². The minimum atomic E-state index is 0.186. The fraction of sp³-hybridized carbons (Fsp3) is 0.500. The van der Waals surface area contributed by atoms with Crippen molar-refractivity contribution in [2.75, 3.05) is 26.2 Å². The largest absolute Gasteiger partial charge is 0.337 e. The van der Waals surface area contributed by atoms with Crippen molar-refractivity contribution in [3.63, 3.8) is 0 Å². The van der Waals surface area contributed by atoms with Crippen LogP contribution in [0.25, 0.3) is 0 Å². The summed E-state index contributed by atoms with van der Waals surface area (Å²) in [5.41, 5.74) is 1.09. The Bertz CT molecular complexity index is 648. The third-order valence-corrected chi connectivity index (χ3v) is 5.22. The molecule has 1 fully saturated rings. The Balaban J connectivity index is 1.61. The van der Waals surface area contributed by atoms with Crippen LogP contribution < -0.4 is 0 Å². The minimum absolute atomic E-state index is 0.186. The number of thiophene rings is 1. The molecule has 3 rings (SSSR count). The van der Waals surface area contributed by atoms with Gasteiger partial charge in [0.2, 0.25) is 0 Å². The standard InChI is InChI=1S/C16H22N4OS/c1-13-4-11-22-15(13)16(21)20-7-3-6-19(9-10-20)12-14-17-5-8-18(14)2/h4-5,8,11H,3,6-7,9-10,12H2,1-2H3. The summed E-state index contributed by atoms with van der Waals surface area (Å²) in [5.74, 6) is 1.26. The van der Waals surface area contributed by atoms with Crippen LogP contribution in [0.5, 0.6) is 0 Å². The van der Waals surface area contributed by atoms with E-state index < -0.39 is 0 Å². The van der Waals surface area contributed by atoms with Gasteiger partial charge in [-0.15, -0.1) is 11.3 Å². The molecule has 2 aromatic rings. The number of hydrogen-bond donors (Lipinski definition) is 0. The number of carbonyl (C=O) groups excluding carboxylic acids is 1. The van der Waals surface area contributed by atoms with Gasteiger partial charge in [0.1, 0.15) is 5.82 Å². The molecule has 1 aliphatic heterocycles. The lowest BCUT2D eigenvalue weighted by atomic mass is 10.2. The number of nitrogens with zero attached hydrogens (tertiary/aromatic N) is 4. The molecular formula is C16H22N4OS. The third kappa shape index (κ3) is 3.23. The SMILES string of the molecule is Cc1ccsc1C(=O)N1CCCN(Cc2nccn2C)CC1. The summed E-state index contributed by atoms with van der Waals surface area (Å²) in [6.07, 6.45) is 4.83. The van der Waals surface area contributed by atoms with Crippen molar-refractivity contribution in [1.82, 2.24) is 19.4 Å². The van der Waals surface area contributed by atoms with Gasteiger partial charge in [-0.25, -0.2) is 4.98 Å². The Morgan fingerprint density at radius 3 is 2.86 bits per heavy atom. The minimum Gasteiger partial charge on any atom is -0.337 e. The van der Waals surface area contributed by atoms with E-state index in [0.29, 0.717) is 0 Å². The Hall–Kier alpha value is -1.66. The van der Waals surface area contributed by atoms with Gasteiger partial charge in [0, 0.05) is 45.6 Å². The number of carbonyl (C=O) groups is 1. The zero-order valence-electron chi connectivity index (χ0n) is 13.2. The molecule has 0 aromatic carbocycles. The third-order valence-electron chi connectivity index (χ3n) is 4.22. The molecule has 0 aliphatic carbocycles. The van der Waals surface area contributed by atoms with Crippen LogP contribution in [-0.4, -0.2) is 51.4 Å². The molecule has 5 nitrogen and oxygen atoms in total. The topological polar surface area (TPSA) is 41.4 Å². The first-order valence-electron chi connectivity index (χ1n) is 7.67. The molecule has 22 heavy (non-hydrogen) atoms. The second-order valence-electron chi connectivity index (χ2n) is 5.81. The Kier molecular flexibility index (Phi) is 4.59. The van der Waals surface area contributed by atoms with Gasteiger partial charge in [-0.05, 0) is 30.4 Å². The molecule has 3 heterocycles. The van der Waals surface area contributed by atoms with Crippen molar-refractivity contribution in [1.29, 1.82) is 0 Å². The Morgan fingerprint density at radius 2 is 2.18 bits per heavy atom. The van der Waals surface area contributed by atoms with Crippen molar-refractivity contribution in [2.24, 2.45) is 7.05 Å². The number of amides is 1. The average molecular weight is 318 g/mol. The van der Waals surface area contributed by atoms with E-state index in [1.807, 2.05) is 42.7 Å². The highest BCUT2D eigenvalue weighted by Gasteiger charge is 2.22. The summed E-state index contributed by atoms with van der Waals surface area (Å²) in [5, 5.41) is 1.99. The van der Waals surface area contributed by atoms with Gasteiger partial charge in [-0.2, -0.15) is 0 Å². The van der Waals surface area contributed by atoms with Crippen LogP contribution in [0, 0.1) is 6.92 Å². The van der Waals surface area contributed by atoms with Crippen LogP contribution in [0.3, 0.4) is 0 Å². The number of rotatable bonds is 3. The average Bonchev–Trinajstić information content (AvgIpc) is 3.02. The van der Waals surface area contributed by atoms with E-state index in [4.69, 9.17) is 0 Å². The fourth-order valence-electron chi connectivity index (χ4n) is 2.82. The zero-order chi connectivity index (χ0) is 15.5. The molecule has 0 unspecified atom stereocenters. The molecular weight excluding hydrogens is 296 g/mol. The van der Waals surface area contributed by atoms with Crippen LogP contribution >= 0.6 is 11.3 Å². The van der Waals surface area contributed by atoms with E-state index in [1.165, 1.54) is 0 Å². The highest BCUT2D eigenvalue weighted by molar-refractivity contribution is 7.12. The highest BCUT2D eigenvalue weighted by atomic mass is 32.1. The maximum atomic E-state index is 12.6. The lowest BCUT2D eigenvalue weighted by Gasteiger charge is -2.21. The van der Waals surface area contributed by atoms with Crippen LogP contribution in [0.2, 0.25) is 0 Å². The van der Waals surface area contributed by atoms with E-state index >= 15 is 0 Å². The summed E-state index contributed by atoms with van der Waals surface area (Å²) in [7, 11) is 2.02. The molecule has 118 valence electrons. The molecule has 1 amide bonds. The second kappa shape index (κ2) is 6.62. The lowest BCUT2D eigenvalue weighted by Crippen LogP contribution is -2.35. The zero-order valence-corrected chi connectivity index (χ0v) is 14.0. The van der Waals surface area contributed by atoms with Crippen LogP contribution in [0.1, 0.15) is 27.5 Å². The molecule has 0 spiro atoms. The molecule has 0 bridgehead atoms. The number of aromatic nitrogens is 2. The summed E-state index contributed by atoms with van der Waals surface area (Å²) in [6.45, 7) is 6.41. The maximum Gasteiger partial charge on any atom is 0.264 e. The maximum absolute atomic E-state index is 12.6. The molecule has 1 aliphatic rings. The van der Waals surface area contributed by atoms with Crippen molar-refractivity contribution in [3.05, 3.63) is 40.1 Å². The van der Waals surface area contributed by atoms with Gasteiger partial charge < -0.3 is 9.47 Å². The van der Waals surface area contributed by atoms with Crippen molar-refractivity contribution in [3.8, 4) is 0 Å². The number of hydrogen-bond acceptors (Lipinski definition) is 4. The molecule has 1 saturated heterocycles. The normalized spacial score (nSPS) is 16.7. The Labute approximate surface area is 135 Å². The van der Waals surface area contributed by atoms with Gasteiger partial charge in [0.05, 0.1) is 11.4 Å². The molecule has 0 saturated carbocycles. The van der Waals surface area contributed by atoms with Crippen molar-refractivity contribution in [2.45, 2.75) is 19.9 Å². The lowest BCUT2D eigenvalue weighted by molar-refractivity contribution is 0.0765. The van der Waals surface area contributed by atoms with Crippen molar-refractivity contribution >= 4 is 17.2 Å². The number of aryl methyl sites for hydroxylation is 2. The molecule has 0 N–H and O–H groups in total. The first kappa shape index (κ1) is 15.2. The van der Waals surface area contributed by atoms with E-state index in [0.717, 1.165) is 55.4 Å². The molecule has 2 aromatic heterocycles. The smallest absolute Gasteiger partial charge is 0.264 e. The predicted molar refractivity (Wildman–Crippen MR) is 88.1 cm³/mol. The van der Waals surface area contributed by atoms with Crippen LogP contribution in [0.4, 0.5) is 0 Å². The van der Waals surface area contributed by atoms with Crippen LogP contribution in [0.15, 0.2) is 23.8 Å².